The summed E-state index contributed by atoms with van der Waals surface area (Å²) in [6, 6.07) is 4.71. The second-order valence-electron chi connectivity index (χ2n) is 14.0. The molecule has 14 heteroatoms. The highest BCUT2D eigenvalue weighted by Gasteiger charge is 2.40. The van der Waals surface area contributed by atoms with Crippen molar-refractivity contribution in [1.82, 2.24) is 19.8 Å². The zero-order valence-corrected chi connectivity index (χ0v) is 28.2. The molecule has 6 heterocycles. The van der Waals surface area contributed by atoms with Gasteiger partial charge in [-0.3, -0.25) is 9.80 Å². The average molecular weight is 694 g/mol. The van der Waals surface area contributed by atoms with Gasteiger partial charge in [0.15, 0.2) is 5.82 Å². The Morgan fingerprint density at radius 2 is 1.96 bits per heavy atom. The zero-order chi connectivity index (χ0) is 34.1. The van der Waals surface area contributed by atoms with Crippen molar-refractivity contribution < 1.29 is 27.8 Å². The van der Waals surface area contributed by atoms with Gasteiger partial charge in [-0.25, -0.2) is 13.2 Å². The number of ether oxygens (including phenoxy) is 2. The number of nitrogens with two attached hydrogens (primary N) is 1. The molecule has 0 spiro atoms. The minimum absolute atomic E-state index is 0.0103. The molecule has 4 aromatic rings. The van der Waals surface area contributed by atoms with Crippen LogP contribution in [0.5, 0.6) is 6.01 Å². The summed E-state index contributed by atoms with van der Waals surface area (Å²) in [5, 5.41) is 21.1. The summed E-state index contributed by atoms with van der Waals surface area (Å²) in [7, 11) is 1.84. The quantitative estimate of drug-likeness (QED) is 0.274. The minimum Gasteiger partial charge on any atom is -0.462 e. The van der Waals surface area contributed by atoms with E-state index in [-0.39, 0.29) is 70.5 Å². The van der Waals surface area contributed by atoms with Crippen molar-refractivity contribution >= 4 is 43.1 Å². The molecule has 10 nitrogen and oxygen atoms in total. The fraction of sp³-hybridized carbons (Fsp3) is 0.514. The smallest absolute Gasteiger partial charge is 0.319 e. The lowest BCUT2D eigenvalue weighted by Gasteiger charge is -2.34. The normalized spacial score (nSPS) is 24.9. The summed E-state index contributed by atoms with van der Waals surface area (Å²) in [6.07, 6.45) is 0.752. The molecule has 0 aliphatic carbocycles. The van der Waals surface area contributed by atoms with Crippen LogP contribution in [-0.2, 0) is 18.0 Å². The molecule has 3 N–H and O–H groups in total. The number of benzene rings is 2. The second-order valence-corrected chi connectivity index (χ2v) is 15.1. The van der Waals surface area contributed by atoms with Crippen molar-refractivity contribution in [2.75, 3.05) is 57.0 Å². The Morgan fingerprint density at radius 3 is 2.71 bits per heavy atom. The van der Waals surface area contributed by atoms with Gasteiger partial charge in [0.05, 0.1) is 30.3 Å². The van der Waals surface area contributed by atoms with Crippen molar-refractivity contribution in [3.63, 3.8) is 0 Å². The molecule has 2 aromatic carbocycles. The number of hydrogen-bond acceptors (Lipinski definition) is 11. The summed E-state index contributed by atoms with van der Waals surface area (Å²) in [6.45, 7) is 5.24. The number of nitrogen functional groups attached to an aromatic ring is 1. The number of aromatic nitrogens is 2. The largest absolute Gasteiger partial charge is 0.462 e. The number of alkyl halides is 1. The minimum atomic E-state index is -0.964. The van der Waals surface area contributed by atoms with E-state index in [1.807, 2.05) is 11.9 Å². The molecule has 5 atom stereocenters. The first kappa shape index (κ1) is 32.5. The summed E-state index contributed by atoms with van der Waals surface area (Å²) in [5.41, 5.74) is 7.34. The van der Waals surface area contributed by atoms with Crippen molar-refractivity contribution in [2.45, 2.75) is 63.8 Å². The molecule has 3 fully saturated rings. The van der Waals surface area contributed by atoms with Crippen LogP contribution >= 0.6 is 11.3 Å². The maximum atomic E-state index is 17.4. The third kappa shape index (κ3) is 5.56. The molecule has 4 aliphatic heterocycles. The highest BCUT2D eigenvalue weighted by atomic mass is 32.1. The fourth-order valence-corrected chi connectivity index (χ4v) is 9.32. The van der Waals surface area contributed by atoms with E-state index in [0.29, 0.717) is 65.5 Å². The van der Waals surface area contributed by atoms with Crippen LogP contribution in [-0.4, -0.2) is 95.6 Å². The SMILES string of the molecule is C[C@@H](O)CN1CCC2CC(C1)N(c1nc(OC[C@@H]3C[C@H](F)CN3C)nc3c(F)c(-c4c(F)ccc5sc(N)c(C#N)c45)c4c(c13)COC4)C2. The van der Waals surface area contributed by atoms with Gasteiger partial charge < -0.3 is 25.2 Å². The number of likely N-dealkylation sites (tertiary alicyclic amines) is 2. The first-order valence-electron chi connectivity index (χ1n) is 16.8. The molecule has 4 aliphatic rings. The number of β-amino-alcohol motifs (C(OH)–C–C–N with tert-alkyl or cyclic N) is 1. The third-order valence-corrected chi connectivity index (χ3v) is 11.6. The van der Waals surface area contributed by atoms with E-state index in [1.54, 1.807) is 13.0 Å². The van der Waals surface area contributed by atoms with Crippen LogP contribution in [0, 0.1) is 28.9 Å². The summed E-state index contributed by atoms with van der Waals surface area (Å²) >= 11 is 1.15. The number of nitrogens with zero attached hydrogens (tertiary/aromatic N) is 6. The van der Waals surface area contributed by atoms with E-state index in [0.717, 1.165) is 30.7 Å². The summed E-state index contributed by atoms with van der Waals surface area (Å²) in [5.74, 6) is -0.545. The molecule has 258 valence electrons. The lowest BCUT2D eigenvalue weighted by atomic mass is 9.90. The predicted molar refractivity (Wildman–Crippen MR) is 181 cm³/mol. The Morgan fingerprint density at radius 1 is 1.14 bits per heavy atom. The highest BCUT2D eigenvalue weighted by molar-refractivity contribution is 7.23. The molecular formula is C35H38F3N7O3S. The molecule has 2 aromatic heterocycles. The Kier molecular flexibility index (Phi) is 8.31. The maximum Gasteiger partial charge on any atom is 0.319 e. The van der Waals surface area contributed by atoms with Crippen LogP contribution in [0.1, 0.15) is 42.9 Å². The van der Waals surface area contributed by atoms with E-state index in [1.165, 1.54) is 6.07 Å². The lowest BCUT2D eigenvalue weighted by molar-refractivity contribution is 0.123. The third-order valence-electron chi connectivity index (χ3n) is 10.6. The Bertz CT molecular complexity index is 2000. The molecule has 0 saturated carbocycles. The number of nitriles is 1. The van der Waals surface area contributed by atoms with E-state index >= 15 is 8.78 Å². The number of fused-ring (bicyclic) bond motifs is 6. The first-order valence-corrected chi connectivity index (χ1v) is 17.6. The van der Waals surface area contributed by atoms with Gasteiger partial charge in [-0.05, 0) is 69.0 Å². The molecule has 3 saturated heterocycles. The van der Waals surface area contributed by atoms with Crippen LogP contribution in [0.15, 0.2) is 12.1 Å². The van der Waals surface area contributed by atoms with Crippen molar-refractivity contribution in [3.8, 4) is 23.2 Å². The van der Waals surface area contributed by atoms with Gasteiger partial charge in [-0.1, -0.05) is 0 Å². The van der Waals surface area contributed by atoms with Crippen LogP contribution in [0.25, 0.3) is 32.1 Å². The van der Waals surface area contributed by atoms with E-state index in [4.69, 9.17) is 20.2 Å². The van der Waals surface area contributed by atoms with Gasteiger partial charge in [0.25, 0.3) is 0 Å². The predicted octanol–water partition coefficient (Wildman–Crippen LogP) is 4.98. The van der Waals surface area contributed by atoms with Gasteiger partial charge in [-0.2, -0.15) is 15.2 Å². The average Bonchev–Trinajstić information content (AvgIpc) is 3.81. The van der Waals surface area contributed by atoms with E-state index in [2.05, 4.69) is 20.9 Å². The lowest BCUT2D eigenvalue weighted by Crippen LogP contribution is -2.44. The summed E-state index contributed by atoms with van der Waals surface area (Å²) in [4.78, 5) is 15.9. The molecule has 2 bridgehead atoms. The van der Waals surface area contributed by atoms with Gasteiger partial charge in [0.2, 0.25) is 0 Å². The molecular weight excluding hydrogens is 655 g/mol. The van der Waals surface area contributed by atoms with Crippen LogP contribution in [0.2, 0.25) is 0 Å². The number of thiophene rings is 1. The monoisotopic (exact) mass is 693 g/mol. The van der Waals surface area contributed by atoms with Gasteiger partial charge >= 0.3 is 6.01 Å². The van der Waals surface area contributed by atoms with Gasteiger partial charge in [0.1, 0.15) is 41.0 Å². The van der Waals surface area contributed by atoms with Crippen molar-refractivity contribution in [1.29, 1.82) is 5.26 Å². The Hall–Kier alpha value is -3.74. The molecule has 0 amide bonds. The zero-order valence-electron chi connectivity index (χ0n) is 27.4. The number of halogens is 3. The van der Waals surface area contributed by atoms with Crippen LogP contribution < -0.4 is 15.4 Å². The summed E-state index contributed by atoms with van der Waals surface area (Å²) < 4.78 is 60.3. The number of likely N-dealkylation sites (N-methyl/N-ethyl adjacent to an activating group) is 1. The van der Waals surface area contributed by atoms with Crippen LogP contribution in [0.3, 0.4) is 0 Å². The highest BCUT2D eigenvalue weighted by Crippen LogP contribution is 2.48. The molecule has 8 rings (SSSR count). The van der Waals surface area contributed by atoms with Gasteiger partial charge in [0, 0.05) is 59.5 Å². The topological polar surface area (TPSA) is 124 Å². The number of aliphatic hydroxyl groups excluding tert-OH is 1. The number of anilines is 2. The molecule has 49 heavy (non-hydrogen) atoms. The fourth-order valence-electron chi connectivity index (χ4n) is 8.39. The molecule has 2 unspecified atom stereocenters. The van der Waals surface area contributed by atoms with E-state index < -0.39 is 23.9 Å². The second kappa shape index (κ2) is 12.5. The number of hydrogen-bond donors (Lipinski definition) is 2. The standard InChI is InChI=1S/C35H38F3N7O3S/c1-17(46)10-44-6-5-18-7-20(13-44)45(11-18)34-29-24-16-47-15-23(24)28(30-25(37)3-4-26-27(30)22(9-39)33(40)49-26)31(38)32(29)41-35(42-34)48-14-21-8-19(36)12-43(21)2/h3-4,17-21,46H,5-8,10-16,40H2,1-2H3/t17-,18?,19+,20?,21+/m1/s1. The van der Waals surface area contributed by atoms with Crippen LogP contribution in [0.4, 0.5) is 24.0 Å². The molecule has 0 radical (unpaired) electrons. The Balaban J connectivity index is 1.33. The maximum absolute atomic E-state index is 17.4. The first-order chi connectivity index (χ1) is 23.6. The number of aliphatic hydroxyl groups is 1. The van der Waals surface area contributed by atoms with Gasteiger partial charge in [-0.15, -0.1) is 11.3 Å². The number of rotatable bonds is 7. The van der Waals surface area contributed by atoms with E-state index in [9.17, 15) is 14.8 Å². The van der Waals surface area contributed by atoms with Crippen molar-refractivity contribution in [2.24, 2.45) is 5.92 Å². The Labute approximate surface area is 285 Å². The van der Waals surface area contributed by atoms with Crippen molar-refractivity contribution in [3.05, 3.63) is 40.5 Å².